The number of hydrogen-bond acceptors (Lipinski definition) is 3. The molecule has 1 heterocycles. The molecule has 24 heavy (non-hydrogen) atoms. The molecule has 1 amide bonds. The van der Waals surface area contributed by atoms with E-state index < -0.39 is 0 Å². The first-order valence-corrected chi connectivity index (χ1v) is 7.70. The van der Waals surface area contributed by atoms with Gasteiger partial charge in [-0.2, -0.15) is 0 Å². The molecule has 7 heteroatoms. The number of anilines is 1. The third-order valence-corrected chi connectivity index (χ3v) is 3.62. The zero-order chi connectivity index (χ0) is 17.5. The van der Waals surface area contributed by atoms with E-state index in [2.05, 4.69) is 10.7 Å². The number of rotatable bonds is 7. The fraction of sp³-hybridized carbons (Fsp3) is 0.235. The molecule has 0 fully saturated rings. The molecule has 0 saturated carbocycles. The van der Waals surface area contributed by atoms with Crippen LogP contribution < -0.4 is 16.0 Å². The molecule has 1 aromatic heterocycles. The Morgan fingerprint density at radius 2 is 2.21 bits per heavy atom. The summed E-state index contributed by atoms with van der Waals surface area (Å²) < 4.78 is 14.0. The number of nitrogens with one attached hydrogen (secondary N) is 1. The molecule has 0 aliphatic carbocycles. The lowest BCUT2D eigenvalue weighted by molar-refractivity contribution is -0.577. The number of amides is 1. The van der Waals surface area contributed by atoms with Gasteiger partial charge in [-0.05, 0) is 30.7 Å². The third kappa shape index (κ3) is 4.43. The van der Waals surface area contributed by atoms with Crippen LogP contribution >= 0.6 is 0 Å². The lowest BCUT2D eigenvalue weighted by Gasteiger charge is -2.17. The minimum atomic E-state index is -0.283. The first-order valence-electron chi connectivity index (χ1n) is 7.70. The fourth-order valence-electron chi connectivity index (χ4n) is 2.28. The molecule has 0 bridgehead atoms. The van der Waals surface area contributed by atoms with Crippen molar-refractivity contribution in [1.82, 2.24) is 4.98 Å². The molecule has 126 valence electrons. The van der Waals surface area contributed by atoms with Crippen molar-refractivity contribution in [3.63, 3.8) is 0 Å². The van der Waals surface area contributed by atoms with Gasteiger partial charge in [0.05, 0.1) is 12.9 Å². The molecule has 0 spiro atoms. The molecule has 0 aliphatic heterocycles. The maximum atomic E-state index is 14.0. The predicted molar refractivity (Wildman–Crippen MR) is 90.1 cm³/mol. The molecule has 2 rings (SSSR count). The Hall–Kier alpha value is -2.64. The molecular weight excluding hydrogens is 309 g/mol. The summed E-state index contributed by atoms with van der Waals surface area (Å²) in [5, 5.41) is 9.06. The van der Waals surface area contributed by atoms with Crippen LogP contribution in [0.1, 0.15) is 5.56 Å². The summed E-state index contributed by atoms with van der Waals surface area (Å²) in [6.07, 6.45) is 2.75. The van der Waals surface area contributed by atoms with Crippen molar-refractivity contribution in [2.45, 2.75) is 6.92 Å². The highest BCUT2D eigenvalue weighted by Crippen LogP contribution is 2.24. The van der Waals surface area contributed by atoms with Gasteiger partial charge >= 0.3 is 5.91 Å². The Morgan fingerprint density at radius 1 is 1.42 bits per heavy atom. The van der Waals surface area contributed by atoms with E-state index in [1.807, 2.05) is 13.0 Å². The Labute approximate surface area is 140 Å². The van der Waals surface area contributed by atoms with Crippen molar-refractivity contribution in [2.75, 3.05) is 24.5 Å². The minimum absolute atomic E-state index is 0.0157. The SMILES string of the molecule is Cc1ccc(-c2ccc(N(C=N)CC[NH2+]C(=O)C[NH3+])nc2)c(F)c1. The summed E-state index contributed by atoms with van der Waals surface area (Å²) in [6, 6.07) is 8.59. The van der Waals surface area contributed by atoms with Crippen molar-refractivity contribution in [3.05, 3.63) is 47.9 Å². The number of nitrogens with zero attached hydrogens (tertiary/aromatic N) is 2. The number of pyridine rings is 1. The Balaban J connectivity index is 2.09. The van der Waals surface area contributed by atoms with Gasteiger partial charge in [-0.3, -0.25) is 10.7 Å². The van der Waals surface area contributed by atoms with Crippen LogP contribution in [-0.4, -0.2) is 36.9 Å². The van der Waals surface area contributed by atoms with Gasteiger partial charge < -0.3 is 10.6 Å². The molecule has 0 radical (unpaired) electrons. The fourth-order valence-corrected chi connectivity index (χ4v) is 2.28. The number of quaternary nitrogens is 2. The van der Waals surface area contributed by atoms with E-state index in [-0.39, 0.29) is 18.3 Å². The van der Waals surface area contributed by atoms with E-state index in [0.29, 0.717) is 30.0 Å². The standard InChI is InChI=1S/C17H20FN5O/c1-12-2-4-14(15(18)8-12)13-3-5-16(22-10-13)23(11-20)7-6-21-17(24)9-19/h2-5,8,10-11,20H,6-7,9,19H2,1H3,(H,21,24)/p+2. The molecular formula is C17H22FN5O+2. The van der Waals surface area contributed by atoms with Crippen LogP contribution in [0, 0.1) is 18.2 Å². The van der Waals surface area contributed by atoms with Crippen LogP contribution in [0.4, 0.5) is 10.2 Å². The van der Waals surface area contributed by atoms with E-state index in [1.165, 1.54) is 6.07 Å². The molecule has 0 saturated heterocycles. The van der Waals surface area contributed by atoms with Gasteiger partial charge in [0.1, 0.15) is 18.2 Å². The Morgan fingerprint density at radius 3 is 2.79 bits per heavy atom. The van der Waals surface area contributed by atoms with E-state index in [0.717, 1.165) is 11.9 Å². The summed E-state index contributed by atoms with van der Waals surface area (Å²) in [6.45, 7) is 3.06. The third-order valence-electron chi connectivity index (χ3n) is 3.62. The Bertz CT molecular complexity index is 717. The summed E-state index contributed by atoms with van der Waals surface area (Å²) in [7, 11) is 0. The minimum Gasteiger partial charge on any atom is -0.346 e. The van der Waals surface area contributed by atoms with Gasteiger partial charge in [0, 0.05) is 17.3 Å². The molecule has 1 aromatic carbocycles. The second-order valence-electron chi connectivity index (χ2n) is 5.42. The molecule has 0 aliphatic rings. The summed E-state index contributed by atoms with van der Waals surface area (Å²) in [4.78, 5) is 17.2. The molecule has 2 aromatic rings. The van der Waals surface area contributed by atoms with E-state index >= 15 is 0 Å². The number of nitrogens with two attached hydrogens (primary N) is 1. The lowest BCUT2D eigenvalue weighted by Crippen LogP contribution is -2.93. The second-order valence-corrected chi connectivity index (χ2v) is 5.42. The summed E-state index contributed by atoms with van der Waals surface area (Å²) >= 11 is 0. The van der Waals surface area contributed by atoms with Crippen LogP contribution in [0.15, 0.2) is 36.5 Å². The highest BCUT2D eigenvalue weighted by molar-refractivity contribution is 5.76. The molecule has 6 N–H and O–H groups in total. The predicted octanol–water partition coefficient (Wildman–Crippen LogP) is -0.0585. The van der Waals surface area contributed by atoms with Crippen molar-refractivity contribution in [1.29, 1.82) is 5.41 Å². The number of carbonyl (C=O) groups is 1. The number of aromatic nitrogens is 1. The second kappa shape index (κ2) is 8.28. The number of halogens is 1. The summed E-state index contributed by atoms with van der Waals surface area (Å²) in [5.74, 6) is 0.282. The van der Waals surface area contributed by atoms with Crippen molar-refractivity contribution in [3.8, 4) is 11.1 Å². The van der Waals surface area contributed by atoms with Gasteiger partial charge in [-0.25, -0.2) is 14.2 Å². The van der Waals surface area contributed by atoms with Crippen molar-refractivity contribution < 1.29 is 20.2 Å². The first kappa shape index (κ1) is 17.7. The highest BCUT2D eigenvalue weighted by Gasteiger charge is 2.11. The highest BCUT2D eigenvalue weighted by atomic mass is 19.1. The number of primary amides is 1. The smallest absolute Gasteiger partial charge is 0.346 e. The van der Waals surface area contributed by atoms with Crippen LogP contribution in [0.5, 0.6) is 0 Å². The van der Waals surface area contributed by atoms with Crippen molar-refractivity contribution in [2.24, 2.45) is 0 Å². The van der Waals surface area contributed by atoms with Gasteiger partial charge in [0.25, 0.3) is 0 Å². The maximum absolute atomic E-state index is 14.0. The monoisotopic (exact) mass is 331 g/mol. The van der Waals surface area contributed by atoms with Gasteiger partial charge in [0.15, 0.2) is 6.54 Å². The van der Waals surface area contributed by atoms with Gasteiger partial charge in [-0.15, -0.1) is 0 Å². The average molecular weight is 331 g/mol. The van der Waals surface area contributed by atoms with Crippen LogP contribution in [0.3, 0.4) is 0 Å². The molecule has 6 nitrogen and oxygen atoms in total. The van der Waals surface area contributed by atoms with Gasteiger partial charge in [-0.1, -0.05) is 12.1 Å². The largest absolute Gasteiger partial charge is 0.365 e. The average Bonchev–Trinajstić information content (AvgIpc) is 2.59. The Kier molecular flexibility index (Phi) is 6.11. The topological polar surface area (TPSA) is 101 Å². The number of carbonyl (C=O) groups excluding carboxylic acids is 1. The molecule has 0 unspecified atom stereocenters. The lowest BCUT2D eigenvalue weighted by atomic mass is 10.1. The zero-order valence-corrected chi connectivity index (χ0v) is 13.6. The van der Waals surface area contributed by atoms with E-state index in [1.54, 1.807) is 34.6 Å². The first-order chi connectivity index (χ1) is 11.5. The normalized spacial score (nSPS) is 10.5. The van der Waals surface area contributed by atoms with Crippen molar-refractivity contribution >= 4 is 18.1 Å². The summed E-state index contributed by atoms with van der Waals surface area (Å²) in [5.41, 5.74) is 5.57. The van der Waals surface area contributed by atoms with Crippen LogP contribution in [0.25, 0.3) is 11.1 Å². The maximum Gasteiger partial charge on any atom is 0.365 e. The number of aryl methyl sites for hydroxylation is 1. The van der Waals surface area contributed by atoms with Crippen LogP contribution in [-0.2, 0) is 4.79 Å². The van der Waals surface area contributed by atoms with E-state index in [4.69, 9.17) is 5.41 Å². The molecule has 0 atom stereocenters. The quantitative estimate of drug-likeness (QED) is 0.489. The zero-order valence-electron chi connectivity index (χ0n) is 13.6. The van der Waals surface area contributed by atoms with Gasteiger partial charge in [0.2, 0.25) is 0 Å². The number of hydrogen-bond donors (Lipinski definition) is 3. The number of benzene rings is 1. The van der Waals surface area contributed by atoms with E-state index in [9.17, 15) is 9.18 Å². The van der Waals surface area contributed by atoms with Crippen LogP contribution in [0.2, 0.25) is 0 Å².